The molecule has 0 saturated carbocycles. The third kappa shape index (κ3) is 2.19. The molecular weight excluding hydrogens is 320 g/mol. The lowest BCUT2D eigenvalue weighted by Crippen LogP contribution is -2.23. The molecule has 0 fully saturated rings. The molecule has 2 aromatic rings. The van der Waals surface area contributed by atoms with E-state index in [1.165, 1.54) is 5.56 Å². The average molecular weight is 335 g/mol. The zero-order chi connectivity index (χ0) is 16.7. The van der Waals surface area contributed by atoms with E-state index in [2.05, 4.69) is 12.1 Å². The monoisotopic (exact) mass is 334 g/mol. The molecule has 24 heavy (non-hydrogen) atoms. The first kappa shape index (κ1) is 14.9. The molecule has 1 aliphatic heterocycles. The fourth-order valence-electron chi connectivity index (χ4n) is 3.57. The predicted molar refractivity (Wildman–Crippen MR) is 93.8 cm³/mol. The number of ether oxygens (including phenoxy) is 1. The number of nitriles is 1. The van der Waals surface area contributed by atoms with Crippen molar-refractivity contribution >= 4 is 17.4 Å². The van der Waals surface area contributed by atoms with E-state index in [0.717, 1.165) is 35.3 Å². The van der Waals surface area contributed by atoms with Gasteiger partial charge in [-0.25, -0.2) is 0 Å². The molecule has 1 heterocycles. The van der Waals surface area contributed by atoms with Crippen molar-refractivity contribution in [3.05, 3.63) is 87.3 Å². The summed E-state index contributed by atoms with van der Waals surface area (Å²) in [6.07, 6.45) is 1.73. The van der Waals surface area contributed by atoms with E-state index >= 15 is 0 Å². The third-order valence-corrected chi connectivity index (χ3v) is 5.01. The van der Waals surface area contributed by atoms with Crippen LogP contribution in [0.25, 0.3) is 5.76 Å². The Morgan fingerprint density at radius 2 is 1.83 bits per heavy atom. The largest absolute Gasteiger partial charge is 0.440 e. The number of benzene rings is 2. The van der Waals surface area contributed by atoms with Crippen LogP contribution in [0.4, 0.5) is 0 Å². The van der Waals surface area contributed by atoms with Crippen molar-refractivity contribution < 1.29 is 4.74 Å². The van der Waals surface area contributed by atoms with Crippen molar-refractivity contribution in [3.63, 3.8) is 0 Å². The van der Waals surface area contributed by atoms with Gasteiger partial charge in [-0.1, -0.05) is 54.1 Å². The smallest absolute Gasteiger partial charge is 0.205 e. The van der Waals surface area contributed by atoms with Crippen molar-refractivity contribution in [2.24, 2.45) is 5.73 Å². The van der Waals surface area contributed by atoms with Crippen molar-refractivity contribution in [3.8, 4) is 6.07 Å². The lowest BCUT2D eigenvalue weighted by molar-refractivity contribution is 0.350. The van der Waals surface area contributed by atoms with E-state index < -0.39 is 0 Å². The Kier molecular flexibility index (Phi) is 3.55. The van der Waals surface area contributed by atoms with Crippen LogP contribution in [-0.2, 0) is 11.2 Å². The Bertz CT molecular complexity index is 937. The lowest BCUT2D eigenvalue weighted by Gasteiger charge is -2.33. The number of hydrogen-bond donors (Lipinski definition) is 1. The summed E-state index contributed by atoms with van der Waals surface area (Å²) in [5, 5.41) is 10.3. The maximum absolute atomic E-state index is 9.64. The molecule has 0 spiro atoms. The highest BCUT2D eigenvalue weighted by atomic mass is 35.5. The lowest BCUT2D eigenvalue weighted by atomic mass is 9.76. The summed E-state index contributed by atoms with van der Waals surface area (Å²) >= 11 is 6.42. The van der Waals surface area contributed by atoms with Crippen molar-refractivity contribution in [2.45, 2.75) is 18.8 Å². The predicted octanol–water partition coefficient (Wildman–Crippen LogP) is 4.51. The summed E-state index contributed by atoms with van der Waals surface area (Å²) in [6, 6.07) is 18.0. The van der Waals surface area contributed by atoms with Crippen molar-refractivity contribution in [1.82, 2.24) is 0 Å². The highest BCUT2D eigenvalue weighted by Gasteiger charge is 2.36. The number of allylic oxidation sites excluding steroid dienone is 2. The first-order valence-corrected chi connectivity index (χ1v) is 8.22. The van der Waals surface area contributed by atoms with Gasteiger partial charge in [0.15, 0.2) is 0 Å². The van der Waals surface area contributed by atoms with Gasteiger partial charge in [0.05, 0.1) is 5.92 Å². The molecule has 4 heteroatoms. The number of nitrogens with zero attached hydrogens (tertiary/aromatic N) is 1. The summed E-state index contributed by atoms with van der Waals surface area (Å²) in [4.78, 5) is 0. The summed E-state index contributed by atoms with van der Waals surface area (Å²) in [5.41, 5.74) is 10.8. The van der Waals surface area contributed by atoms with Crippen molar-refractivity contribution in [2.75, 3.05) is 0 Å². The summed E-state index contributed by atoms with van der Waals surface area (Å²) in [7, 11) is 0. The van der Waals surface area contributed by atoms with Gasteiger partial charge in [0.2, 0.25) is 5.88 Å². The van der Waals surface area contributed by atoms with Crippen LogP contribution < -0.4 is 5.73 Å². The van der Waals surface area contributed by atoms with E-state index in [0.29, 0.717) is 10.6 Å². The number of hydrogen-bond acceptors (Lipinski definition) is 3. The van der Waals surface area contributed by atoms with Crippen LogP contribution in [0.3, 0.4) is 0 Å². The summed E-state index contributed by atoms with van der Waals surface area (Å²) < 4.78 is 5.88. The first-order valence-electron chi connectivity index (χ1n) is 7.84. The molecule has 1 aliphatic carbocycles. The molecule has 1 atom stereocenters. The normalized spacial score (nSPS) is 19.2. The number of nitrogens with two attached hydrogens (primary N) is 1. The molecule has 2 N–H and O–H groups in total. The average Bonchev–Trinajstić information content (AvgIpc) is 2.61. The van der Waals surface area contributed by atoms with E-state index in [1.807, 2.05) is 42.5 Å². The van der Waals surface area contributed by atoms with Gasteiger partial charge in [0, 0.05) is 10.6 Å². The summed E-state index contributed by atoms with van der Waals surface area (Å²) in [6.45, 7) is 0. The second-order valence-electron chi connectivity index (χ2n) is 5.96. The first-order chi connectivity index (χ1) is 11.7. The number of aryl methyl sites for hydroxylation is 1. The molecule has 0 bridgehead atoms. The van der Waals surface area contributed by atoms with Crippen LogP contribution in [0.1, 0.15) is 29.0 Å². The highest BCUT2D eigenvalue weighted by Crippen LogP contribution is 2.48. The highest BCUT2D eigenvalue weighted by molar-refractivity contribution is 6.31. The zero-order valence-electron chi connectivity index (χ0n) is 12.9. The topological polar surface area (TPSA) is 59.0 Å². The molecule has 118 valence electrons. The van der Waals surface area contributed by atoms with Gasteiger partial charge < -0.3 is 10.5 Å². The van der Waals surface area contributed by atoms with Gasteiger partial charge in [0.1, 0.15) is 17.4 Å². The molecule has 0 saturated heterocycles. The van der Waals surface area contributed by atoms with E-state index in [1.54, 1.807) is 0 Å². The minimum absolute atomic E-state index is 0.165. The fourth-order valence-corrected chi connectivity index (χ4v) is 3.81. The Balaban J connectivity index is 1.96. The quantitative estimate of drug-likeness (QED) is 0.835. The van der Waals surface area contributed by atoms with Crippen LogP contribution in [-0.4, -0.2) is 0 Å². The number of rotatable bonds is 1. The molecule has 0 amide bonds. The van der Waals surface area contributed by atoms with Crippen LogP contribution >= 0.6 is 11.6 Å². The maximum atomic E-state index is 9.64. The van der Waals surface area contributed by atoms with Gasteiger partial charge in [-0.2, -0.15) is 5.26 Å². The Labute approximate surface area is 145 Å². The minimum Gasteiger partial charge on any atom is -0.440 e. The molecule has 3 nitrogen and oxygen atoms in total. The zero-order valence-corrected chi connectivity index (χ0v) is 13.7. The number of fused-ring (bicyclic) bond motifs is 2. The second-order valence-corrected chi connectivity index (χ2v) is 6.37. The molecule has 4 rings (SSSR count). The molecule has 0 unspecified atom stereocenters. The van der Waals surface area contributed by atoms with Gasteiger partial charge in [0.25, 0.3) is 0 Å². The molecular formula is C20H15ClN2O. The fraction of sp³-hybridized carbons (Fsp3) is 0.150. The second kappa shape index (κ2) is 5.74. The van der Waals surface area contributed by atoms with Crippen LogP contribution in [0.2, 0.25) is 5.02 Å². The van der Waals surface area contributed by atoms with Crippen LogP contribution in [0.15, 0.2) is 65.6 Å². The van der Waals surface area contributed by atoms with Crippen molar-refractivity contribution in [1.29, 1.82) is 5.26 Å². The molecule has 2 aromatic carbocycles. The van der Waals surface area contributed by atoms with Gasteiger partial charge >= 0.3 is 0 Å². The minimum atomic E-state index is -0.249. The van der Waals surface area contributed by atoms with E-state index in [4.69, 9.17) is 22.1 Å². The Hall–Kier alpha value is -2.70. The van der Waals surface area contributed by atoms with E-state index in [-0.39, 0.29) is 11.8 Å². The third-order valence-electron chi connectivity index (χ3n) is 4.67. The van der Waals surface area contributed by atoms with Gasteiger partial charge in [-0.3, -0.25) is 0 Å². The molecule has 2 aliphatic rings. The standard InChI is InChI=1S/C20H15ClN2O/c21-17-8-4-3-7-14(17)18-15-10-9-12-5-1-2-6-13(12)19(15)24-20(23)16(18)11-22/h1-8,18H,9-10,23H2/t18-/m1/s1. The summed E-state index contributed by atoms with van der Waals surface area (Å²) in [5.74, 6) is 0.692. The van der Waals surface area contributed by atoms with Crippen LogP contribution in [0.5, 0.6) is 0 Å². The Morgan fingerprint density at radius 1 is 1.08 bits per heavy atom. The van der Waals surface area contributed by atoms with E-state index in [9.17, 15) is 5.26 Å². The maximum Gasteiger partial charge on any atom is 0.205 e. The molecule has 0 aromatic heterocycles. The van der Waals surface area contributed by atoms with Gasteiger partial charge in [-0.15, -0.1) is 0 Å². The van der Waals surface area contributed by atoms with Crippen LogP contribution in [0, 0.1) is 11.3 Å². The van der Waals surface area contributed by atoms with Gasteiger partial charge in [-0.05, 0) is 35.6 Å². The molecule has 0 radical (unpaired) electrons. The Morgan fingerprint density at radius 3 is 2.62 bits per heavy atom. The SMILES string of the molecule is N#CC1=C(N)OC2=C(CCc3ccccc32)[C@H]1c1ccccc1Cl. The number of halogens is 1.